The fourth-order valence-electron chi connectivity index (χ4n) is 1.48. The molecule has 0 saturated heterocycles. The maximum absolute atomic E-state index is 11.8. The number of nitrogens with one attached hydrogen (secondary N) is 1. The van der Waals surface area contributed by atoms with Gasteiger partial charge in [0.15, 0.2) is 0 Å². The van der Waals surface area contributed by atoms with E-state index in [2.05, 4.69) is 5.32 Å². The van der Waals surface area contributed by atoms with Crippen molar-refractivity contribution in [2.45, 2.75) is 20.3 Å². The van der Waals surface area contributed by atoms with E-state index in [9.17, 15) is 4.79 Å². The van der Waals surface area contributed by atoms with Crippen LogP contribution in [0.4, 0.5) is 0 Å². The summed E-state index contributed by atoms with van der Waals surface area (Å²) in [6.07, 6.45) is 0.781. The molecule has 0 atom stereocenters. The van der Waals surface area contributed by atoms with Gasteiger partial charge in [-0.05, 0) is 38.0 Å². The first-order chi connectivity index (χ1) is 8.49. The zero-order valence-corrected chi connectivity index (χ0v) is 11.3. The molecule has 0 radical (unpaired) electrons. The van der Waals surface area contributed by atoms with Gasteiger partial charge < -0.3 is 15.8 Å². The second-order valence-electron chi connectivity index (χ2n) is 4.95. The van der Waals surface area contributed by atoms with Crippen LogP contribution in [0.2, 0.25) is 0 Å². The lowest BCUT2D eigenvalue weighted by Gasteiger charge is -2.21. The number of carbonyl (C=O) groups is 1. The third kappa shape index (κ3) is 4.04. The van der Waals surface area contributed by atoms with Gasteiger partial charge in [-0.1, -0.05) is 12.1 Å². The molecule has 4 nitrogen and oxygen atoms in total. The minimum atomic E-state index is -0.506. The summed E-state index contributed by atoms with van der Waals surface area (Å²) >= 11 is 0. The highest BCUT2D eigenvalue weighted by atomic mass is 16.5. The Labute approximate surface area is 109 Å². The fourth-order valence-corrected chi connectivity index (χ4v) is 1.48. The van der Waals surface area contributed by atoms with Gasteiger partial charge in [0.2, 0.25) is 5.91 Å². The lowest BCUT2D eigenvalue weighted by atomic mass is 9.92. The molecule has 0 aliphatic carbocycles. The molecule has 0 unspecified atom stereocenters. The van der Waals surface area contributed by atoms with E-state index in [0.717, 1.165) is 17.7 Å². The summed E-state index contributed by atoms with van der Waals surface area (Å²) in [5, 5.41) is 2.90. The molecule has 3 N–H and O–H groups in total. The molecule has 0 aliphatic rings. The van der Waals surface area contributed by atoms with Crippen LogP contribution < -0.4 is 15.8 Å². The van der Waals surface area contributed by atoms with Crippen LogP contribution in [0, 0.1) is 5.41 Å². The Morgan fingerprint density at radius 3 is 2.78 bits per heavy atom. The van der Waals surface area contributed by atoms with Crippen molar-refractivity contribution in [3.63, 3.8) is 0 Å². The maximum Gasteiger partial charge on any atom is 0.226 e. The third-order valence-electron chi connectivity index (χ3n) is 2.96. The minimum absolute atomic E-state index is 0.00658. The highest BCUT2D eigenvalue weighted by molar-refractivity contribution is 5.82. The molecule has 0 aliphatic heterocycles. The van der Waals surface area contributed by atoms with Gasteiger partial charge in [-0.3, -0.25) is 4.79 Å². The molecule has 100 valence electrons. The molecule has 18 heavy (non-hydrogen) atoms. The first-order valence-corrected chi connectivity index (χ1v) is 6.11. The van der Waals surface area contributed by atoms with Gasteiger partial charge in [0.1, 0.15) is 5.75 Å². The summed E-state index contributed by atoms with van der Waals surface area (Å²) in [5.74, 6) is 0.828. The average Bonchev–Trinajstić information content (AvgIpc) is 2.38. The van der Waals surface area contributed by atoms with E-state index in [1.54, 1.807) is 7.11 Å². The number of hydrogen-bond donors (Lipinski definition) is 2. The number of carbonyl (C=O) groups excluding carboxylic acids is 1. The molecule has 0 spiro atoms. The molecule has 1 aromatic rings. The number of methoxy groups -OCH3 is 1. The third-order valence-corrected chi connectivity index (χ3v) is 2.96. The molecule has 0 aromatic heterocycles. The number of benzene rings is 1. The second-order valence-corrected chi connectivity index (χ2v) is 4.95. The number of rotatable bonds is 6. The zero-order chi connectivity index (χ0) is 13.6. The van der Waals surface area contributed by atoms with Crippen molar-refractivity contribution in [1.82, 2.24) is 5.32 Å². The number of nitrogens with two attached hydrogens (primary N) is 1. The van der Waals surface area contributed by atoms with Gasteiger partial charge in [-0.2, -0.15) is 0 Å². The quantitative estimate of drug-likeness (QED) is 0.800. The monoisotopic (exact) mass is 250 g/mol. The summed E-state index contributed by atoms with van der Waals surface area (Å²) in [4.78, 5) is 11.8. The van der Waals surface area contributed by atoms with Crippen LogP contribution in [0.15, 0.2) is 24.3 Å². The molecular weight excluding hydrogens is 228 g/mol. The highest BCUT2D eigenvalue weighted by Gasteiger charge is 2.24. The van der Waals surface area contributed by atoms with E-state index in [4.69, 9.17) is 10.5 Å². The van der Waals surface area contributed by atoms with Crippen LogP contribution >= 0.6 is 0 Å². The van der Waals surface area contributed by atoms with Crippen molar-refractivity contribution in [2.75, 3.05) is 20.2 Å². The summed E-state index contributed by atoms with van der Waals surface area (Å²) in [7, 11) is 1.64. The molecule has 0 bridgehead atoms. The summed E-state index contributed by atoms with van der Waals surface area (Å²) in [6.45, 7) is 4.63. The standard InChI is InChI=1S/C14H22N2O2/c1-14(2,10-15)13(17)16-8-7-11-5-4-6-12(9-11)18-3/h4-6,9H,7-8,10,15H2,1-3H3,(H,16,17). The van der Waals surface area contributed by atoms with Crippen molar-refractivity contribution in [3.8, 4) is 5.75 Å². The highest BCUT2D eigenvalue weighted by Crippen LogP contribution is 2.14. The minimum Gasteiger partial charge on any atom is -0.497 e. The number of hydrogen-bond acceptors (Lipinski definition) is 3. The summed E-state index contributed by atoms with van der Waals surface area (Å²) < 4.78 is 5.15. The Bertz CT molecular complexity index is 403. The van der Waals surface area contributed by atoms with Gasteiger partial charge >= 0.3 is 0 Å². The lowest BCUT2D eigenvalue weighted by Crippen LogP contribution is -2.42. The van der Waals surface area contributed by atoms with E-state index in [-0.39, 0.29) is 5.91 Å². The number of ether oxygens (including phenoxy) is 1. The average molecular weight is 250 g/mol. The SMILES string of the molecule is COc1cccc(CCNC(=O)C(C)(C)CN)c1. The van der Waals surface area contributed by atoms with E-state index in [1.165, 1.54) is 0 Å². The first kappa shape index (κ1) is 14.5. The molecule has 1 rings (SSSR count). The second kappa shape index (κ2) is 6.40. The predicted octanol–water partition coefficient (Wildman–Crippen LogP) is 1.34. The van der Waals surface area contributed by atoms with E-state index in [0.29, 0.717) is 13.1 Å². The Morgan fingerprint density at radius 2 is 2.17 bits per heavy atom. The summed E-state index contributed by atoms with van der Waals surface area (Å²) in [6, 6.07) is 7.84. The van der Waals surface area contributed by atoms with Crippen molar-refractivity contribution in [3.05, 3.63) is 29.8 Å². The Kier molecular flexibility index (Phi) is 5.16. The largest absolute Gasteiger partial charge is 0.497 e. The molecule has 1 aromatic carbocycles. The topological polar surface area (TPSA) is 64.3 Å². The van der Waals surface area contributed by atoms with Crippen LogP contribution in [-0.2, 0) is 11.2 Å². The van der Waals surface area contributed by atoms with Crippen molar-refractivity contribution in [2.24, 2.45) is 11.1 Å². The van der Waals surface area contributed by atoms with E-state index < -0.39 is 5.41 Å². The van der Waals surface area contributed by atoms with E-state index >= 15 is 0 Å². The van der Waals surface area contributed by atoms with Crippen molar-refractivity contribution in [1.29, 1.82) is 0 Å². The van der Waals surface area contributed by atoms with Crippen LogP contribution in [0.3, 0.4) is 0 Å². The molecule has 0 heterocycles. The summed E-state index contributed by atoms with van der Waals surface area (Å²) in [5.41, 5.74) is 6.18. The van der Waals surface area contributed by atoms with Gasteiger partial charge in [0.25, 0.3) is 0 Å². The lowest BCUT2D eigenvalue weighted by molar-refractivity contribution is -0.128. The zero-order valence-electron chi connectivity index (χ0n) is 11.3. The van der Waals surface area contributed by atoms with Crippen molar-refractivity contribution < 1.29 is 9.53 Å². The molecule has 1 amide bonds. The Morgan fingerprint density at radius 1 is 1.44 bits per heavy atom. The molecule has 0 saturated carbocycles. The maximum atomic E-state index is 11.8. The van der Waals surface area contributed by atoms with Gasteiger partial charge in [0.05, 0.1) is 12.5 Å². The van der Waals surface area contributed by atoms with E-state index in [1.807, 2.05) is 38.1 Å². The normalized spacial score (nSPS) is 11.1. The molecule has 0 fully saturated rings. The smallest absolute Gasteiger partial charge is 0.226 e. The molecule has 4 heteroatoms. The van der Waals surface area contributed by atoms with Crippen molar-refractivity contribution >= 4 is 5.91 Å². The van der Waals surface area contributed by atoms with Crippen LogP contribution in [0.1, 0.15) is 19.4 Å². The van der Waals surface area contributed by atoms with Gasteiger partial charge in [0, 0.05) is 13.1 Å². The first-order valence-electron chi connectivity index (χ1n) is 6.11. The number of amides is 1. The Balaban J connectivity index is 2.44. The van der Waals surface area contributed by atoms with Crippen LogP contribution in [-0.4, -0.2) is 26.1 Å². The molecular formula is C14H22N2O2. The van der Waals surface area contributed by atoms with Crippen LogP contribution in [0.25, 0.3) is 0 Å². The predicted molar refractivity (Wildman–Crippen MR) is 72.5 cm³/mol. The van der Waals surface area contributed by atoms with Gasteiger partial charge in [-0.25, -0.2) is 0 Å². The fraction of sp³-hybridized carbons (Fsp3) is 0.500. The van der Waals surface area contributed by atoms with Crippen LogP contribution in [0.5, 0.6) is 5.75 Å². The van der Waals surface area contributed by atoms with Gasteiger partial charge in [-0.15, -0.1) is 0 Å². The Hall–Kier alpha value is -1.55.